The zero-order valence-corrected chi connectivity index (χ0v) is 8.59. The van der Waals surface area contributed by atoms with Crippen molar-refractivity contribution in [1.29, 1.82) is 0 Å². The summed E-state index contributed by atoms with van der Waals surface area (Å²) in [5.74, 6) is -0.626. The molecule has 0 spiro atoms. The van der Waals surface area contributed by atoms with E-state index in [-0.39, 0.29) is 12.4 Å². The van der Waals surface area contributed by atoms with Crippen LogP contribution in [0.1, 0.15) is 26.2 Å². The first-order chi connectivity index (χ1) is 6.72. The maximum atomic E-state index is 13.0. The van der Waals surface area contributed by atoms with Crippen molar-refractivity contribution in [2.75, 3.05) is 13.1 Å². The van der Waals surface area contributed by atoms with Crippen LogP contribution in [0.2, 0.25) is 0 Å². The Hall–Kier alpha value is -1.10. The second-order valence-corrected chi connectivity index (χ2v) is 2.95. The van der Waals surface area contributed by atoms with E-state index >= 15 is 0 Å². The molecule has 0 aromatic carbocycles. The van der Waals surface area contributed by atoms with Crippen LogP contribution in [-0.4, -0.2) is 19.4 Å². The second-order valence-electron chi connectivity index (χ2n) is 2.95. The number of hydrogen-bond acceptors (Lipinski definition) is 3. The summed E-state index contributed by atoms with van der Waals surface area (Å²) in [5.41, 5.74) is 10.2. The van der Waals surface area contributed by atoms with E-state index in [1.165, 1.54) is 0 Å². The summed E-state index contributed by atoms with van der Waals surface area (Å²) in [6.45, 7) is 3.03. The van der Waals surface area contributed by atoms with E-state index in [2.05, 4.69) is 17.2 Å². The van der Waals surface area contributed by atoms with Gasteiger partial charge < -0.3 is 16.8 Å². The molecule has 0 aliphatic carbocycles. The molecule has 0 radical (unpaired) electrons. The molecule has 0 fully saturated rings. The van der Waals surface area contributed by atoms with Crippen LogP contribution in [0, 0.1) is 0 Å². The first-order valence-corrected chi connectivity index (χ1v) is 4.81. The highest BCUT2D eigenvalue weighted by Crippen LogP contribution is 2.00. The van der Waals surface area contributed by atoms with Crippen molar-refractivity contribution in [3.63, 3.8) is 0 Å². The third-order valence-electron chi connectivity index (χ3n) is 1.73. The van der Waals surface area contributed by atoms with Crippen LogP contribution in [0.15, 0.2) is 16.6 Å². The number of nitrogens with two attached hydrogens (primary N) is 2. The zero-order valence-electron chi connectivity index (χ0n) is 8.59. The van der Waals surface area contributed by atoms with Gasteiger partial charge in [-0.2, -0.15) is 0 Å². The van der Waals surface area contributed by atoms with Crippen molar-refractivity contribution in [3.05, 3.63) is 11.6 Å². The smallest absolute Gasteiger partial charge is 0.158 e. The maximum Gasteiger partial charge on any atom is 0.158 e. The van der Waals surface area contributed by atoms with Crippen molar-refractivity contribution in [2.24, 2.45) is 16.5 Å². The van der Waals surface area contributed by atoms with E-state index < -0.39 is 5.83 Å². The number of nitrogens with one attached hydrogen (secondary N) is 1. The van der Waals surface area contributed by atoms with Gasteiger partial charge in [-0.3, -0.25) is 0 Å². The molecule has 0 rings (SSSR count). The molecule has 14 heavy (non-hydrogen) atoms. The minimum absolute atomic E-state index is 0.118. The van der Waals surface area contributed by atoms with Crippen LogP contribution in [0.25, 0.3) is 0 Å². The molecule has 0 aliphatic rings. The Balaban J connectivity index is 3.62. The first-order valence-electron chi connectivity index (χ1n) is 4.81. The number of aliphatic imine (C=N–C) groups is 1. The third-order valence-corrected chi connectivity index (χ3v) is 1.73. The summed E-state index contributed by atoms with van der Waals surface area (Å²) in [6.07, 6.45) is 4.32. The van der Waals surface area contributed by atoms with Gasteiger partial charge in [0.15, 0.2) is 11.6 Å². The Morgan fingerprint density at radius 1 is 1.50 bits per heavy atom. The molecule has 82 valence electrons. The Labute approximate surface area is 84.3 Å². The fraction of sp³-hybridized carbons (Fsp3) is 0.667. The molecular weight excluding hydrogens is 183 g/mol. The highest BCUT2D eigenvalue weighted by Gasteiger charge is 1.99. The molecule has 0 aliphatic heterocycles. The van der Waals surface area contributed by atoms with Crippen LogP contribution >= 0.6 is 0 Å². The molecule has 0 amide bonds. The number of rotatable bonds is 7. The number of halogens is 1. The summed E-state index contributed by atoms with van der Waals surface area (Å²) in [7, 11) is 0. The number of nitrogens with zero attached hydrogens (tertiary/aromatic N) is 1. The van der Waals surface area contributed by atoms with Crippen molar-refractivity contribution >= 4 is 6.34 Å². The highest BCUT2D eigenvalue weighted by atomic mass is 19.1. The summed E-state index contributed by atoms with van der Waals surface area (Å²) >= 11 is 0. The fourth-order valence-corrected chi connectivity index (χ4v) is 0.939. The monoisotopic (exact) mass is 202 g/mol. The lowest BCUT2D eigenvalue weighted by Crippen LogP contribution is -2.19. The largest absolute Gasteiger partial charge is 0.390 e. The van der Waals surface area contributed by atoms with E-state index in [1.807, 2.05) is 0 Å². The predicted molar refractivity (Wildman–Crippen MR) is 57.4 cm³/mol. The number of unbranched alkanes of at least 4 members (excludes halogenated alkanes) is 2. The molecule has 0 unspecified atom stereocenters. The van der Waals surface area contributed by atoms with Crippen LogP contribution < -0.4 is 16.8 Å². The van der Waals surface area contributed by atoms with Crippen LogP contribution in [0.5, 0.6) is 0 Å². The van der Waals surface area contributed by atoms with Gasteiger partial charge in [0.25, 0.3) is 0 Å². The SMILES string of the molecule is CCCCCNC/C(F)=C(N)\N=C/N. The Bertz CT molecular complexity index is 201. The van der Waals surface area contributed by atoms with Crippen molar-refractivity contribution in [3.8, 4) is 0 Å². The zero-order chi connectivity index (χ0) is 10.8. The Morgan fingerprint density at radius 3 is 2.79 bits per heavy atom. The standard InChI is InChI=1S/C9H19FN4/c1-2-3-4-5-13-6-8(10)9(12)14-7-11/h7,13H,2-6,12H2,1H3,(H2,11,14)/b9-8+. The van der Waals surface area contributed by atoms with E-state index in [0.29, 0.717) is 0 Å². The van der Waals surface area contributed by atoms with E-state index in [9.17, 15) is 4.39 Å². The lowest BCUT2D eigenvalue weighted by molar-refractivity contribution is 0.545. The quantitative estimate of drug-likeness (QED) is 0.325. The lowest BCUT2D eigenvalue weighted by atomic mass is 10.2. The van der Waals surface area contributed by atoms with Gasteiger partial charge in [0.05, 0.1) is 12.9 Å². The third kappa shape index (κ3) is 6.42. The normalized spacial score (nSPS) is 13.3. The topological polar surface area (TPSA) is 76.4 Å². The van der Waals surface area contributed by atoms with Crippen LogP contribution in [0.4, 0.5) is 4.39 Å². The lowest BCUT2D eigenvalue weighted by Gasteiger charge is -2.02. The van der Waals surface area contributed by atoms with Crippen LogP contribution in [-0.2, 0) is 0 Å². The summed E-state index contributed by atoms with van der Waals surface area (Å²) in [5, 5.41) is 2.93. The molecule has 0 saturated heterocycles. The van der Waals surface area contributed by atoms with Crippen molar-refractivity contribution in [1.82, 2.24) is 5.32 Å². The Morgan fingerprint density at radius 2 is 2.21 bits per heavy atom. The number of hydrogen-bond donors (Lipinski definition) is 3. The summed E-state index contributed by atoms with van der Waals surface area (Å²) < 4.78 is 13.0. The second kappa shape index (κ2) is 8.50. The van der Waals surface area contributed by atoms with Gasteiger partial charge in [-0.25, -0.2) is 9.38 Å². The first kappa shape index (κ1) is 12.9. The van der Waals surface area contributed by atoms with Gasteiger partial charge in [-0.1, -0.05) is 19.8 Å². The highest BCUT2D eigenvalue weighted by molar-refractivity contribution is 5.53. The maximum absolute atomic E-state index is 13.0. The Kier molecular flexibility index (Phi) is 7.83. The minimum atomic E-state index is -0.469. The van der Waals surface area contributed by atoms with Crippen LogP contribution in [0.3, 0.4) is 0 Å². The fourth-order valence-electron chi connectivity index (χ4n) is 0.939. The molecule has 4 nitrogen and oxygen atoms in total. The molecule has 5 N–H and O–H groups in total. The van der Waals surface area contributed by atoms with E-state index in [0.717, 1.165) is 32.1 Å². The van der Waals surface area contributed by atoms with E-state index in [4.69, 9.17) is 11.5 Å². The average Bonchev–Trinajstić information content (AvgIpc) is 2.17. The predicted octanol–water partition coefficient (Wildman–Crippen LogP) is 0.851. The molecular formula is C9H19FN4. The molecule has 0 heterocycles. The van der Waals surface area contributed by atoms with Gasteiger partial charge in [-0.05, 0) is 13.0 Å². The van der Waals surface area contributed by atoms with Gasteiger partial charge in [0.2, 0.25) is 0 Å². The summed E-state index contributed by atoms with van der Waals surface area (Å²) in [6, 6.07) is 0. The van der Waals surface area contributed by atoms with Crippen molar-refractivity contribution in [2.45, 2.75) is 26.2 Å². The molecule has 0 aromatic heterocycles. The van der Waals surface area contributed by atoms with Gasteiger partial charge >= 0.3 is 0 Å². The molecule has 0 bridgehead atoms. The molecule has 0 atom stereocenters. The minimum Gasteiger partial charge on any atom is -0.390 e. The van der Waals surface area contributed by atoms with Gasteiger partial charge in [0, 0.05) is 0 Å². The van der Waals surface area contributed by atoms with E-state index in [1.54, 1.807) is 0 Å². The average molecular weight is 202 g/mol. The van der Waals surface area contributed by atoms with Crippen molar-refractivity contribution < 1.29 is 4.39 Å². The summed E-state index contributed by atoms with van der Waals surface area (Å²) in [4.78, 5) is 3.43. The van der Waals surface area contributed by atoms with Gasteiger partial charge in [0.1, 0.15) is 0 Å². The molecule has 0 aromatic rings. The molecule has 5 heteroatoms. The van der Waals surface area contributed by atoms with Gasteiger partial charge in [-0.15, -0.1) is 0 Å². The molecule has 0 saturated carbocycles.